The number of rotatable bonds is 1. The summed E-state index contributed by atoms with van der Waals surface area (Å²) in [6.45, 7) is 6.76. The van der Waals surface area contributed by atoms with Crippen LogP contribution < -0.4 is 5.43 Å². The number of aromatic nitrogens is 2. The van der Waals surface area contributed by atoms with Gasteiger partial charge in [0.05, 0.1) is 5.39 Å². The maximum atomic E-state index is 11.7. The summed E-state index contributed by atoms with van der Waals surface area (Å²) in [6.07, 6.45) is 0. The van der Waals surface area contributed by atoms with E-state index in [-0.39, 0.29) is 5.43 Å². The minimum Gasteiger partial charge on any atom is -0.330 e. The molecule has 2 rings (SSSR count). The standard InChI is InChI=1S/C12H14N2O/c1-4-14-9(3)7-11(15)10-6-5-8(2)13-12(10)14/h5-7H,4H2,1-3H3. The van der Waals surface area contributed by atoms with Crippen LogP contribution in [0.5, 0.6) is 0 Å². The number of hydrogen-bond acceptors (Lipinski definition) is 2. The zero-order valence-corrected chi connectivity index (χ0v) is 9.24. The summed E-state index contributed by atoms with van der Waals surface area (Å²) in [4.78, 5) is 16.2. The molecule has 0 aliphatic rings. The van der Waals surface area contributed by atoms with E-state index in [0.717, 1.165) is 23.6 Å². The van der Waals surface area contributed by atoms with Crippen molar-refractivity contribution in [1.29, 1.82) is 0 Å². The number of hydrogen-bond donors (Lipinski definition) is 0. The molecule has 0 spiro atoms. The van der Waals surface area contributed by atoms with Crippen LogP contribution in [0.25, 0.3) is 11.0 Å². The van der Waals surface area contributed by atoms with Gasteiger partial charge in [0.2, 0.25) is 0 Å². The maximum Gasteiger partial charge on any atom is 0.191 e. The molecule has 0 unspecified atom stereocenters. The van der Waals surface area contributed by atoms with Crippen LogP contribution in [0.15, 0.2) is 23.0 Å². The van der Waals surface area contributed by atoms with Gasteiger partial charge in [0.25, 0.3) is 0 Å². The van der Waals surface area contributed by atoms with E-state index in [1.165, 1.54) is 0 Å². The monoisotopic (exact) mass is 202 g/mol. The molecule has 0 saturated carbocycles. The smallest absolute Gasteiger partial charge is 0.191 e. The number of fused-ring (bicyclic) bond motifs is 1. The highest BCUT2D eigenvalue weighted by Crippen LogP contribution is 2.11. The van der Waals surface area contributed by atoms with Gasteiger partial charge < -0.3 is 4.57 Å². The zero-order valence-electron chi connectivity index (χ0n) is 9.24. The first-order chi connectivity index (χ1) is 7.13. The van der Waals surface area contributed by atoms with Crippen LogP contribution in [0.4, 0.5) is 0 Å². The van der Waals surface area contributed by atoms with Crippen molar-refractivity contribution in [3.8, 4) is 0 Å². The summed E-state index contributed by atoms with van der Waals surface area (Å²) >= 11 is 0. The van der Waals surface area contributed by atoms with Crippen molar-refractivity contribution in [1.82, 2.24) is 9.55 Å². The first kappa shape index (κ1) is 9.90. The lowest BCUT2D eigenvalue weighted by molar-refractivity contribution is 0.747. The molecule has 78 valence electrons. The van der Waals surface area contributed by atoms with Gasteiger partial charge in [0.15, 0.2) is 5.43 Å². The van der Waals surface area contributed by atoms with Gasteiger partial charge in [-0.3, -0.25) is 4.79 Å². The SMILES string of the molecule is CCn1c(C)cc(=O)c2ccc(C)nc21. The van der Waals surface area contributed by atoms with Crippen LogP contribution in [0, 0.1) is 13.8 Å². The average molecular weight is 202 g/mol. The minimum absolute atomic E-state index is 0.0553. The summed E-state index contributed by atoms with van der Waals surface area (Å²) in [6, 6.07) is 5.40. The zero-order chi connectivity index (χ0) is 11.0. The van der Waals surface area contributed by atoms with Crippen molar-refractivity contribution in [2.24, 2.45) is 0 Å². The molecule has 3 nitrogen and oxygen atoms in total. The largest absolute Gasteiger partial charge is 0.330 e. The van der Waals surface area contributed by atoms with E-state index in [1.807, 2.05) is 26.0 Å². The van der Waals surface area contributed by atoms with Crippen molar-refractivity contribution in [2.75, 3.05) is 0 Å². The fourth-order valence-electron chi connectivity index (χ4n) is 1.85. The van der Waals surface area contributed by atoms with Crippen LogP contribution in [0.3, 0.4) is 0 Å². The maximum absolute atomic E-state index is 11.7. The molecule has 3 heteroatoms. The summed E-state index contributed by atoms with van der Waals surface area (Å²) in [7, 11) is 0. The quantitative estimate of drug-likeness (QED) is 0.709. The molecule has 0 atom stereocenters. The third-order valence-corrected chi connectivity index (χ3v) is 2.62. The van der Waals surface area contributed by atoms with Crippen molar-refractivity contribution in [3.05, 3.63) is 39.8 Å². The van der Waals surface area contributed by atoms with Crippen molar-refractivity contribution >= 4 is 11.0 Å². The molecule has 0 N–H and O–H groups in total. The molecule has 2 aromatic rings. The van der Waals surface area contributed by atoms with Crippen molar-refractivity contribution in [2.45, 2.75) is 27.3 Å². The van der Waals surface area contributed by atoms with Crippen LogP contribution >= 0.6 is 0 Å². The fourth-order valence-corrected chi connectivity index (χ4v) is 1.85. The van der Waals surface area contributed by atoms with E-state index in [9.17, 15) is 4.79 Å². The first-order valence-corrected chi connectivity index (χ1v) is 5.11. The van der Waals surface area contributed by atoms with Crippen LogP contribution in [-0.2, 0) is 6.54 Å². The van der Waals surface area contributed by atoms with Gasteiger partial charge >= 0.3 is 0 Å². The summed E-state index contributed by atoms with van der Waals surface area (Å²) in [5.74, 6) is 0. The molecule has 15 heavy (non-hydrogen) atoms. The molecule has 0 fully saturated rings. The normalized spacial score (nSPS) is 10.9. The van der Waals surface area contributed by atoms with Gasteiger partial charge in [-0.25, -0.2) is 4.98 Å². The molecular formula is C12H14N2O. The Hall–Kier alpha value is -1.64. The highest BCUT2D eigenvalue weighted by atomic mass is 16.1. The Morgan fingerprint density at radius 3 is 2.73 bits per heavy atom. The summed E-state index contributed by atoms with van der Waals surface area (Å²) in [5, 5.41) is 0.702. The van der Waals surface area contributed by atoms with Crippen molar-refractivity contribution < 1.29 is 0 Å². The first-order valence-electron chi connectivity index (χ1n) is 5.11. The molecule has 0 amide bonds. The highest BCUT2D eigenvalue weighted by molar-refractivity contribution is 5.75. The third-order valence-electron chi connectivity index (χ3n) is 2.62. The summed E-state index contributed by atoms with van der Waals surface area (Å²) < 4.78 is 2.06. The van der Waals surface area contributed by atoms with Gasteiger partial charge in [0.1, 0.15) is 5.65 Å². The molecule has 0 aromatic carbocycles. The molecule has 0 saturated heterocycles. The van der Waals surface area contributed by atoms with Gasteiger partial charge in [-0.1, -0.05) is 0 Å². The van der Waals surface area contributed by atoms with E-state index in [1.54, 1.807) is 6.07 Å². The van der Waals surface area contributed by atoms with Crippen LogP contribution in [-0.4, -0.2) is 9.55 Å². The molecular weight excluding hydrogens is 188 g/mol. The minimum atomic E-state index is 0.0553. The number of aryl methyl sites for hydroxylation is 3. The third kappa shape index (κ3) is 1.54. The Morgan fingerprint density at radius 2 is 2.07 bits per heavy atom. The lowest BCUT2D eigenvalue weighted by Gasteiger charge is -2.11. The molecule has 0 aliphatic carbocycles. The second kappa shape index (κ2) is 3.50. The van der Waals surface area contributed by atoms with E-state index in [0.29, 0.717) is 5.39 Å². The van der Waals surface area contributed by atoms with Gasteiger partial charge in [-0.05, 0) is 32.9 Å². The highest BCUT2D eigenvalue weighted by Gasteiger charge is 2.06. The summed E-state index contributed by atoms with van der Waals surface area (Å²) in [5.41, 5.74) is 2.75. The van der Waals surface area contributed by atoms with Gasteiger partial charge in [-0.15, -0.1) is 0 Å². The van der Waals surface area contributed by atoms with Crippen LogP contribution in [0.2, 0.25) is 0 Å². The predicted molar refractivity (Wildman–Crippen MR) is 61.2 cm³/mol. The van der Waals surface area contributed by atoms with E-state index in [4.69, 9.17) is 0 Å². The second-order valence-corrected chi connectivity index (χ2v) is 3.72. The fraction of sp³-hybridized carbons (Fsp3) is 0.333. The lowest BCUT2D eigenvalue weighted by Crippen LogP contribution is -2.12. The Kier molecular flexibility index (Phi) is 2.31. The van der Waals surface area contributed by atoms with Crippen LogP contribution in [0.1, 0.15) is 18.3 Å². The topological polar surface area (TPSA) is 34.9 Å². The Bertz CT molecular complexity index is 570. The lowest BCUT2D eigenvalue weighted by atomic mass is 10.2. The Morgan fingerprint density at radius 1 is 1.33 bits per heavy atom. The average Bonchev–Trinajstić information content (AvgIpc) is 2.17. The molecule has 0 aliphatic heterocycles. The van der Waals surface area contributed by atoms with Crippen molar-refractivity contribution in [3.63, 3.8) is 0 Å². The molecule has 0 radical (unpaired) electrons. The molecule has 2 aromatic heterocycles. The van der Waals surface area contributed by atoms with E-state index < -0.39 is 0 Å². The van der Waals surface area contributed by atoms with E-state index >= 15 is 0 Å². The molecule has 2 heterocycles. The van der Waals surface area contributed by atoms with Gasteiger partial charge in [-0.2, -0.15) is 0 Å². The number of pyridine rings is 2. The number of nitrogens with zero attached hydrogens (tertiary/aromatic N) is 2. The van der Waals surface area contributed by atoms with Gasteiger partial charge in [0, 0.05) is 24.0 Å². The molecule has 0 bridgehead atoms. The van der Waals surface area contributed by atoms with E-state index in [2.05, 4.69) is 16.5 Å². The predicted octanol–water partition coefficient (Wildman–Crippen LogP) is 2.03. The Balaban J connectivity index is 2.98. The second-order valence-electron chi connectivity index (χ2n) is 3.72. The Labute approximate surface area is 88.4 Å².